The molecule has 6 amide bonds. The van der Waals surface area contributed by atoms with E-state index in [1.54, 1.807) is 129 Å². The summed E-state index contributed by atoms with van der Waals surface area (Å²) in [6.07, 6.45) is 33.9. The van der Waals surface area contributed by atoms with Gasteiger partial charge in [0.25, 0.3) is 10.1 Å². The molecular formula is C73H117N17O18S. The van der Waals surface area contributed by atoms with Crippen molar-refractivity contribution in [3.05, 3.63) is 85.3 Å². The van der Waals surface area contributed by atoms with Crippen LogP contribution in [0.3, 0.4) is 0 Å². The van der Waals surface area contributed by atoms with Crippen molar-refractivity contribution in [2.24, 2.45) is 40.6 Å². The molecule has 6 saturated heterocycles. The molecule has 10 heterocycles. The molecule has 4 aromatic rings. The lowest BCUT2D eigenvalue weighted by atomic mass is 10.0. The number of likely N-dealkylation sites (tertiary alicyclic amines) is 5. The molecule has 0 aromatic carbocycles. The zero-order chi connectivity index (χ0) is 80.4. The van der Waals surface area contributed by atoms with Gasteiger partial charge in [-0.05, 0) is 100 Å². The molecule has 10 rings (SSSR count). The van der Waals surface area contributed by atoms with Gasteiger partial charge in [-0.2, -0.15) is 8.42 Å². The number of azide groups is 1. The van der Waals surface area contributed by atoms with Crippen LogP contribution < -0.4 is 5.32 Å². The number of nitrogens with zero attached hydrogens (tertiary/aromatic N) is 16. The first-order chi connectivity index (χ1) is 52.3. The second-order valence-corrected chi connectivity index (χ2v) is 29.0. The molecule has 0 radical (unpaired) electrons. The van der Waals surface area contributed by atoms with Crippen LogP contribution in [-0.2, 0) is 76.5 Å². The lowest BCUT2D eigenvalue weighted by molar-refractivity contribution is -0.167. The van der Waals surface area contributed by atoms with Crippen LogP contribution in [0, 0.1) is 35.5 Å². The van der Waals surface area contributed by atoms with Gasteiger partial charge in [0.1, 0.15) is 25.1 Å². The normalized spacial score (nSPS) is 20.7. The van der Waals surface area contributed by atoms with Crippen LogP contribution in [0.1, 0.15) is 203 Å². The van der Waals surface area contributed by atoms with Gasteiger partial charge in [-0.15, -0.1) is 0 Å². The molecule has 11 atom stereocenters. The maximum absolute atomic E-state index is 12.2. The minimum atomic E-state index is -3.55. The molecule has 35 nitrogen and oxygen atoms in total. The Hall–Kier alpha value is -9.12. The Labute approximate surface area is 639 Å². The van der Waals surface area contributed by atoms with E-state index in [4.69, 9.17) is 14.5 Å². The van der Waals surface area contributed by atoms with Gasteiger partial charge < -0.3 is 72.5 Å². The van der Waals surface area contributed by atoms with E-state index in [0.717, 1.165) is 96.5 Å². The number of esters is 3. The van der Waals surface area contributed by atoms with E-state index in [-0.39, 0.29) is 93.0 Å². The van der Waals surface area contributed by atoms with Crippen LogP contribution in [0.5, 0.6) is 0 Å². The van der Waals surface area contributed by atoms with E-state index in [1.807, 2.05) is 4.57 Å². The van der Waals surface area contributed by atoms with Gasteiger partial charge in [-0.25, -0.2) is 34.3 Å². The van der Waals surface area contributed by atoms with Crippen LogP contribution in [0.25, 0.3) is 10.4 Å². The summed E-state index contributed by atoms with van der Waals surface area (Å²) >= 11 is 0. The van der Waals surface area contributed by atoms with Gasteiger partial charge in [-0.3, -0.25) is 37.7 Å². The highest BCUT2D eigenvalue weighted by atomic mass is 32.2. The third kappa shape index (κ3) is 31.1. The number of hydrogen-bond acceptors (Lipinski definition) is 23. The molecule has 0 bridgehead atoms. The maximum Gasteiger partial charge on any atom is 0.371 e. The lowest BCUT2D eigenvalue weighted by Gasteiger charge is -2.28. The Kier molecular flexibility index (Phi) is 42.2. The van der Waals surface area contributed by atoms with Crippen molar-refractivity contribution < 1.29 is 85.0 Å². The number of ether oxygens (including phenoxy) is 3. The second kappa shape index (κ2) is 49.8. The van der Waals surface area contributed by atoms with Crippen molar-refractivity contribution in [3.8, 4) is 0 Å². The summed E-state index contributed by atoms with van der Waals surface area (Å²) in [6.45, 7) is 22.6. The topological polar surface area (TPSA) is 430 Å². The van der Waals surface area contributed by atoms with Gasteiger partial charge in [-0.1, -0.05) is 85.2 Å². The number of rotatable bonds is 33. The number of hydrogen-bond donors (Lipinski definition) is 3. The van der Waals surface area contributed by atoms with Crippen molar-refractivity contribution in [3.63, 3.8) is 0 Å². The smallest absolute Gasteiger partial charge is 0.371 e. The molecule has 6 aliphatic heterocycles. The Bertz CT molecular complexity index is 3530. The molecule has 36 heteroatoms. The maximum atomic E-state index is 12.2. The first-order valence-electron chi connectivity index (χ1n) is 38.1. The highest BCUT2D eigenvalue weighted by Crippen LogP contribution is 2.33. The molecule has 6 fully saturated rings. The molecule has 3 N–H and O–H groups in total. The minimum absolute atomic E-state index is 0.00945. The standard InChI is InChI=1S/C14H21N3O3.C13H21N3O4S.C12H18N6O.C12H19N3O2.C11H19NO4.C7H13NO.C4H6O3/c1-3-5-11-8-12(18)17(9-11)13(14(19)20-4-2)16-7-6-15-10-16;1-3-4-11-7-13(17)16(8-11)12(9-20-21(2,18)19)15-6-5-14-10-15;1-2-3-10-6-12(19)18(8-10)11(7-15-16-13)17-5-4-14-9-17;1-2-3-10-6-12(17)15(7-10)11(8-16)14-5-4-13-9-14;1-3-5-8-6-9(13)12(7-8)10(14)11(15)16-4-2;1-2-3-6-4-7(9)8-5-6;1-2-7-4(6)3-5/h6-7,10-11,13H,3-5,8-9H2,1-2H3;5-6,10-12H,3-4,7-9H2,1-2H3;4-5,9-11H,2-3,6-8H2,1H3;4-5,9-11,16H,2-3,6-8H2,1H3;8,10,14H,3-7H2,1-2H3;6H,2-5H2,1H3,(H,8,9);3H,2H2,1H3. The lowest BCUT2D eigenvalue weighted by Crippen LogP contribution is -2.43. The fraction of sp³-hybridized carbons (Fsp3) is 0.699. The third-order valence-corrected chi connectivity index (χ3v) is 19.4. The molecule has 608 valence electrons. The number of carbonyl (C=O) groups excluding carboxylic acids is 10. The molecule has 0 aliphatic carbocycles. The Balaban J connectivity index is 0.000000274. The summed E-state index contributed by atoms with van der Waals surface area (Å²) in [5, 5.41) is 25.5. The third-order valence-electron chi connectivity index (χ3n) is 18.8. The summed E-state index contributed by atoms with van der Waals surface area (Å²) in [7, 11) is -3.55. The average Bonchev–Trinajstić information content (AvgIpc) is 1.70. The first-order valence-corrected chi connectivity index (χ1v) is 39.9. The van der Waals surface area contributed by atoms with Gasteiger partial charge in [0, 0.05) is 132 Å². The molecule has 109 heavy (non-hydrogen) atoms. The Morgan fingerprint density at radius 3 is 1.25 bits per heavy atom. The van der Waals surface area contributed by atoms with E-state index < -0.39 is 46.6 Å². The van der Waals surface area contributed by atoms with Gasteiger partial charge >= 0.3 is 17.9 Å². The van der Waals surface area contributed by atoms with E-state index in [0.29, 0.717) is 87.9 Å². The average molecular weight is 1550 g/mol. The summed E-state index contributed by atoms with van der Waals surface area (Å²) in [4.78, 5) is 140. The number of aliphatic hydroxyl groups is 2. The van der Waals surface area contributed by atoms with Crippen LogP contribution in [0.15, 0.2) is 80.0 Å². The minimum Gasteiger partial charge on any atom is -0.463 e. The van der Waals surface area contributed by atoms with Gasteiger partial charge in [0.15, 0.2) is 0 Å². The monoisotopic (exact) mass is 1550 g/mol. The van der Waals surface area contributed by atoms with Crippen molar-refractivity contribution in [1.29, 1.82) is 0 Å². The van der Waals surface area contributed by atoms with E-state index >= 15 is 0 Å². The Morgan fingerprint density at radius 1 is 0.532 bits per heavy atom. The number of aliphatic hydroxyl groups excluding tert-OH is 2. The molecular weight excluding hydrogens is 1430 g/mol. The summed E-state index contributed by atoms with van der Waals surface area (Å²) in [5.74, 6) is 0.795. The van der Waals surface area contributed by atoms with Crippen molar-refractivity contribution >= 4 is 69.8 Å². The first kappa shape index (κ1) is 92.3. The number of aromatic nitrogens is 8. The summed E-state index contributed by atoms with van der Waals surface area (Å²) in [6, 6.07) is 0. The van der Waals surface area contributed by atoms with Gasteiger partial charge in [0.2, 0.25) is 54.1 Å². The predicted octanol–water partition coefficient (Wildman–Crippen LogP) is 7.15. The number of aldehydes is 1. The van der Waals surface area contributed by atoms with Crippen molar-refractivity contribution in [1.82, 2.24) is 68.0 Å². The number of amides is 6. The molecule has 4 aromatic heterocycles. The highest BCUT2D eigenvalue weighted by Gasteiger charge is 2.41. The second-order valence-electron chi connectivity index (χ2n) is 27.4. The SMILES string of the molecule is CCCC1CC(=O)N(C(C(=O)OCC)n2ccnc2)C1.CCCC1CC(=O)N(C(CN=[N+]=[N-])n2ccnc2)C1.CCCC1CC(=O)N(C(CO)n2ccnc2)C1.CCCC1CC(=O)N(C(COS(C)(=O)=O)n2ccnc2)C1.CCCC1CC(=O)N(C(O)C(=O)OCC)C1.CCCC1CNC(=O)C1.CCOC(=O)C=O. The molecule has 0 spiro atoms. The van der Waals surface area contributed by atoms with Crippen LogP contribution in [0.4, 0.5) is 0 Å². The predicted molar refractivity (Wildman–Crippen MR) is 399 cm³/mol. The van der Waals surface area contributed by atoms with Gasteiger partial charge in [0.05, 0.1) is 64.5 Å². The number of imidazole rings is 4. The van der Waals surface area contributed by atoms with Crippen molar-refractivity contribution in [2.45, 2.75) is 209 Å². The van der Waals surface area contributed by atoms with E-state index in [1.165, 1.54) is 17.7 Å². The largest absolute Gasteiger partial charge is 0.463 e. The number of carbonyl (C=O) groups is 10. The van der Waals surface area contributed by atoms with Crippen LogP contribution in [0.2, 0.25) is 0 Å². The van der Waals surface area contributed by atoms with Crippen LogP contribution >= 0.6 is 0 Å². The fourth-order valence-electron chi connectivity index (χ4n) is 13.9. The van der Waals surface area contributed by atoms with E-state index in [9.17, 15) is 66.6 Å². The molecule has 6 aliphatic rings. The summed E-state index contributed by atoms with van der Waals surface area (Å²) in [5.41, 5.74) is 8.49. The van der Waals surface area contributed by atoms with Crippen molar-refractivity contribution in [2.75, 3.05) is 85.1 Å². The zero-order valence-corrected chi connectivity index (χ0v) is 65.9. The Morgan fingerprint density at radius 2 is 0.890 bits per heavy atom. The highest BCUT2D eigenvalue weighted by molar-refractivity contribution is 7.86. The molecule has 0 saturated carbocycles. The van der Waals surface area contributed by atoms with Crippen LogP contribution in [-0.4, -0.2) is 232 Å². The quantitative estimate of drug-likeness (QED) is 0.00622. The van der Waals surface area contributed by atoms with E-state index in [2.05, 4.69) is 86.3 Å². The fourth-order valence-corrected chi connectivity index (χ4v) is 14.3. The molecule has 11 unspecified atom stereocenters. The summed E-state index contributed by atoms with van der Waals surface area (Å²) < 4.78 is 48.2. The number of nitrogens with one attached hydrogen (secondary N) is 1. The zero-order valence-electron chi connectivity index (χ0n) is 65.1.